The van der Waals surface area contributed by atoms with Gasteiger partial charge in [-0.15, -0.1) is 0 Å². The van der Waals surface area contributed by atoms with Gasteiger partial charge in [0.2, 0.25) is 0 Å². The van der Waals surface area contributed by atoms with Gasteiger partial charge in [-0.25, -0.2) is 4.39 Å². The molecule has 2 aromatic carbocycles. The van der Waals surface area contributed by atoms with Crippen molar-refractivity contribution in [2.24, 2.45) is 5.92 Å². The molecule has 0 bridgehead atoms. The van der Waals surface area contributed by atoms with Crippen molar-refractivity contribution in [2.75, 3.05) is 46.2 Å². The maximum atomic E-state index is 14.0. The fourth-order valence-electron chi connectivity index (χ4n) is 3.87. The molecule has 3 atom stereocenters. The first-order valence-electron chi connectivity index (χ1n) is 11.0. The standard InChI is InChI=1S/C25H32FN3O4/c1-16-13-28(3)17(2)15-33-22-12-18(27-24(30)19-8-6-7-9-21(19)26)10-11-20(22)25(31)29(4)14-23(16)32-5/h6-12,16-17,23H,13-15H2,1-5H3,(H,27,30)/t16-,17+,23+/m0/s1. The van der Waals surface area contributed by atoms with E-state index in [4.69, 9.17) is 9.47 Å². The number of fused-ring (bicyclic) bond motifs is 1. The third kappa shape index (κ3) is 5.89. The molecule has 7 nitrogen and oxygen atoms in total. The Hall–Kier alpha value is -2.97. The van der Waals surface area contributed by atoms with E-state index in [2.05, 4.69) is 24.1 Å². The Balaban J connectivity index is 1.91. The zero-order chi connectivity index (χ0) is 24.1. The second kappa shape index (κ2) is 10.8. The van der Waals surface area contributed by atoms with E-state index in [1.165, 1.54) is 18.2 Å². The lowest BCUT2D eigenvalue weighted by atomic mass is 10.0. The van der Waals surface area contributed by atoms with Crippen LogP contribution in [0.15, 0.2) is 42.5 Å². The number of carbonyl (C=O) groups excluding carboxylic acids is 2. The summed E-state index contributed by atoms with van der Waals surface area (Å²) >= 11 is 0. The van der Waals surface area contributed by atoms with Crippen molar-refractivity contribution in [3.8, 4) is 5.75 Å². The third-order valence-corrected chi connectivity index (χ3v) is 6.13. The molecular formula is C25H32FN3O4. The molecule has 2 amide bonds. The number of carbonyl (C=O) groups is 2. The summed E-state index contributed by atoms with van der Waals surface area (Å²) in [6.45, 7) is 5.74. The van der Waals surface area contributed by atoms with Crippen LogP contribution >= 0.6 is 0 Å². The zero-order valence-electron chi connectivity index (χ0n) is 19.8. The van der Waals surface area contributed by atoms with E-state index in [0.717, 1.165) is 6.54 Å². The number of hydrogen-bond acceptors (Lipinski definition) is 5. The van der Waals surface area contributed by atoms with E-state index >= 15 is 0 Å². The number of ether oxygens (including phenoxy) is 2. The highest BCUT2D eigenvalue weighted by Gasteiger charge is 2.27. The second-order valence-electron chi connectivity index (χ2n) is 8.68. The van der Waals surface area contributed by atoms with E-state index in [9.17, 15) is 14.0 Å². The number of halogens is 1. The van der Waals surface area contributed by atoms with Gasteiger partial charge in [0.25, 0.3) is 11.8 Å². The number of benzene rings is 2. The lowest BCUT2D eigenvalue weighted by Crippen LogP contribution is -2.45. The van der Waals surface area contributed by atoms with Gasteiger partial charge in [0.1, 0.15) is 18.2 Å². The van der Waals surface area contributed by atoms with Crippen molar-refractivity contribution in [3.05, 3.63) is 59.4 Å². The van der Waals surface area contributed by atoms with Gasteiger partial charge in [0.15, 0.2) is 0 Å². The monoisotopic (exact) mass is 457 g/mol. The summed E-state index contributed by atoms with van der Waals surface area (Å²) in [7, 11) is 5.43. The SMILES string of the molecule is CO[C@@H]1CN(C)C(=O)c2ccc(NC(=O)c3ccccc3F)cc2OC[C@@H](C)N(C)C[C@@H]1C. The van der Waals surface area contributed by atoms with E-state index in [-0.39, 0.29) is 29.5 Å². The summed E-state index contributed by atoms with van der Waals surface area (Å²) in [6, 6.07) is 10.7. The van der Waals surface area contributed by atoms with E-state index in [0.29, 0.717) is 30.2 Å². The molecule has 3 rings (SSSR count). The first kappa shape index (κ1) is 24.7. The Labute approximate surface area is 194 Å². The fraction of sp³-hybridized carbons (Fsp3) is 0.440. The van der Waals surface area contributed by atoms with Crippen LogP contribution in [0.5, 0.6) is 5.75 Å². The molecule has 0 unspecified atom stereocenters. The molecule has 1 aliphatic heterocycles. The molecule has 0 radical (unpaired) electrons. The van der Waals surface area contributed by atoms with Gasteiger partial charge in [-0.2, -0.15) is 0 Å². The van der Waals surface area contributed by atoms with E-state index < -0.39 is 11.7 Å². The Kier molecular flexibility index (Phi) is 8.05. The molecule has 0 aliphatic carbocycles. The molecule has 1 heterocycles. The summed E-state index contributed by atoms with van der Waals surface area (Å²) in [5, 5.41) is 2.69. The van der Waals surface area contributed by atoms with Crippen molar-refractivity contribution in [1.29, 1.82) is 0 Å². The van der Waals surface area contributed by atoms with Gasteiger partial charge < -0.3 is 19.7 Å². The minimum absolute atomic E-state index is 0.0584. The number of nitrogens with zero attached hydrogens (tertiary/aromatic N) is 2. The first-order chi connectivity index (χ1) is 15.7. The van der Waals surface area contributed by atoms with Crippen LogP contribution in [0.25, 0.3) is 0 Å². The van der Waals surface area contributed by atoms with Gasteiger partial charge in [0.05, 0.1) is 17.2 Å². The Morgan fingerprint density at radius 3 is 2.58 bits per heavy atom. The molecule has 0 saturated heterocycles. The molecule has 1 N–H and O–H groups in total. The zero-order valence-corrected chi connectivity index (χ0v) is 19.8. The van der Waals surface area contributed by atoms with Crippen LogP contribution < -0.4 is 10.1 Å². The first-order valence-corrected chi connectivity index (χ1v) is 11.0. The van der Waals surface area contributed by atoms with Crippen LogP contribution in [-0.4, -0.2) is 74.7 Å². The van der Waals surface area contributed by atoms with Crippen molar-refractivity contribution in [3.63, 3.8) is 0 Å². The van der Waals surface area contributed by atoms with Crippen LogP contribution in [0.4, 0.5) is 10.1 Å². The predicted octanol–water partition coefficient (Wildman–Crippen LogP) is 3.51. The molecule has 8 heteroatoms. The predicted molar refractivity (Wildman–Crippen MR) is 125 cm³/mol. The minimum atomic E-state index is -0.604. The summed E-state index contributed by atoms with van der Waals surface area (Å²) in [5.41, 5.74) is 0.741. The number of likely N-dealkylation sites (N-methyl/N-ethyl adjacent to an activating group) is 2. The molecule has 0 aromatic heterocycles. The quantitative estimate of drug-likeness (QED) is 0.764. The summed E-state index contributed by atoms with van der Waals surface area (Å²) in [5.74, 6) is -0.802. The largest absolute Gasteiger partial charge is 0.491 e. The van der Waals surface area contributed by atoms with Crippen molar-refractivity contribution >= 4 is 17.5 Å². The molecule has 2 aromatic rings. The maximum absolute atomic E-state index is 14.0. The minimum Gasteiger partial charge on any atom is -0.491 e. The van der Waals surface area contributed by atoms with Crippen LogP contribution in [0.3, 0.4) is 0 Å². The Morgan fingerprint density at radius 1 is 1.15 bits per heavy atom. The van der Waals surface area contributed by atoms with Gasteiger partial charge in [-0.1, -0.05) is 19.1 Å². The molecule has 0 saturated carbocycles. The van der Waals surface area contributed by atoms with Crippen molar-refractivity contribution in [1.82, 2.24) is 9.80 Å². The maximum Gasteiger partial charge on any atom is 0.258 e. The lowest BCUT2D eigenvalue weighted by Gasteiger charge is -2.34. The molecule has 178 valence electrons. The normalized spacial score (nSPS) is 22.5. The number of anilines is 1. The Morgan fingerprint density at radius 2 is 1.88 bits per heavy atom. The highest BCUT2D eigenvalue weighted by molar-refractivity contribution is 6.05. The molecule has 33 heavy (non-hydrogen) atoms. The van der Waals surface area contributed by atoms with Crippen molar-refractivity contribution < 1.29 is 23.5 Å². The summed E-state index contributed by atoms with van der Waals surface area (Å²) in [6.07, 6.45) is -0.114. The van der Waals surface area contributed by atoms with Crippen LogP contribution in [-0.2, 0) is 4.74 Å². The third-order valence-electron chi connectivity index (χ3n) is 6.13. The average Bonchev–Trinajstić information content (AvgIpc) is 2.79. The molecule has 0 fully saturated rings. The topological polar surface area (TPSA) is 71.1 Å². The average molecular weight is 458 g/mol. The van der Waals surface area contributed by atoms with E-state index in [1.807, 2.05) is 7.05 Å². The van der Waals surface area contributed by atoms with Gasteiger partial charge in [-0.05, 0) is 44.2 Å². The van der Waals surface area contributed by atoms with Crippen LogP contribution in [0, 0.1) is 11.7 Å². The highest BCUT2D eigenvalue weighted by Crippen LogP contribution is 2.27. The van der Waals surface area contributed by atoms with Crippen LogP contribution in [0.1, 0.15) is 34.6 Å². The number of hydrogen-bond donors (Lipinski definition) is 1. The number of amides is 2. The Bertz CT molecular complexity index is 999. The summed E-state index contributed by atoms with van der Waals surface area (Å²) < 4.78 is 25.7. The van der Waals surface area contributed by atoms with Gasteiger partial charge in [0, 0.05) is 45.0 Å². The van der Waals surface area contributed by atoms with Gasteiger partial charge in [-0.3, -0.25) is 14.5 Å². The second-order valence-corrected chi connectivity index (χ2v) is 8.68. The lowest BCUT2D eigenvalue weighted by molar-refractivity contribution is 0.0150. The smallest absolute Gasteiger partial charge is 0.258 e. The number of rotatable bonds is 3. The molecule has 1 aliphatic rings. The highest BCUT2D eigenvalue weighted by atomic mass is 19.1. The van der Waals surface area contributed by atoms with Crippen molar-refractivity contribution in [2.45, 2.75) is 26.0 Å². The number of methoxy groups -OCH3 is 1. The van der Waals surface area contributed by atoms with Crippen LogP contribution in [0.2, 0.25) is 0 Å². The number of nitrogens with one attached hydrogen (secondary N) is 1. The molecule has 0 spiro atoms. The molecular weight excluding hydrogens is 425 g/mol. The van der Waals surface area contributed by atoms with Gasteiger partial charge >= 0.3 is 0 Å². The fourth-order valence-corrected chi connectivity index (χ4v) is 3.87. The summed E-state index contributed by atoms with van der Waals surface area (Å²) in [4.78, 5) is 29.6. The van der Waals surface area contributed by atoms with E-state index in [1.54, 1.807) is 43.3 Å².